The number of rotatable bonds is 5. The average Bonchev–Trinajstić information content (AvgIpc) is 2.47. The molecule has 1 amide bonds. The third-order valence-electron chi connectivity index (χ3n) is 3.93. The van der Waals surface area contributed by atoms with Crippen molar-refractivity contribution in [1.29, 1.82) is 0 Å². The maximum absolute atomic E-state index is 12.1. The number of hydrogen-bond donors (Lipinski definition) is 3. The Labute approximate surface area is 120 Å². The molecule has 1 saturated carbocycles. The van der Waals surface area contributed by atoms with E-state index >= 15 is 0 Å². The van der Waals surface area contributed by atoms with Gasteiger partial charge in [-0.25, -0.2) is 10.8 Å². The van der Waals surface area contributed by atoms with Crippen molar-refractivity contribution in [2.24, 2.45) is 11.8 Å². The molecule has 20 heavy (non-hydrogen) atoms. The number of carbonyl (C=O) groups excluding carboxylic acids is 1. The van der Waals surface area contributed by atoms with Gasteiger partial charge in [-0.3, -0.25) is 4.79 Å². The fraction of sp³-hybridized carbons (Fsp3) is 0.600. The number of aryl methyl sites for hydroxylation is 1. The fourth-order valence-electron chi connectivity index (χ4n) is 2.84. The van der Waals surface area contributed by atoms with Gasteiger partial charge in [0.15, 0.2) is 0 Å². The highest BCUT2D eigenvalue weighted by atomic mass is 16.1. The molecule has 0 aromatic carbocycles. The summed E-state index contributed by atoms with van der Waals surface area (Å²) < 4.78 is 0. The van der Waals surface area contributed by atoms with E-state index in [9.17, 15) is 4.79 Å². The van der Waals surface area contributed by atoms with Crippen LogP contribution in [0.4, 0.5) is 5.82 Å². The molecule has 0 saturated heterocycles. The second kappa shape index (κ2) is 7.24. The van der Waals surface area contributed by atoms with E-state index in [1.54, 1.807) is 12.1 Å². The van der Waals surface area contributed by atoms with Gasteiger partial charge in [0.1, 0.15) is 5.82 Å². The van der Waals surface area contributed by atoms with E-state index in [1.165, 1.54) is 32.1 Å². The third kappa shape index (κ3) is 4.20. The standard InChI is InChI=1S/C15H24N4O/c1-11-9-13(10-14(18-11)19-16)15(20)17-8-7-12-5-3-2-4-6-12/h9-10,12H,2-8,16H2,1H3,(H,17,20)(H,18,19). The molecular formula is C15H24N4O. The Kier molecular flexibility index (Phi) is 5.35. The van der Waals surface area contributed by atoms with Crippen LogP contribution in [0.2, 0.25) is 0 Å². The summed E-state index contributed by atoms with van der Waals surface area (Å²) in [6.07, 6.45) is 7.75. The van der Waals surface area contributed by atoms with Gasteiger partial charge in [-0.2, -0.15) is 0 Å². The number of anilines is 1. The van der Waals surface area contributed by atoms with E-state index in [0.717, 1.165) is 24.6 Å². The van der Waals surface area contributed by atoms with Crippen LogP contribution in [0.5, 0.6) is 0 Å². The molecule has 1 aromatic heterocycles. The Balaban J connectivity index is 1.83. The zero-order valence-electron chi connectivity index (χ0n) is 12.1. The van der Waals surface area contributed by atoms with Crippen molar-refractivity contribution in [3.8, 4) is 0 Å². The summed E-state index contributed by atoms with van der Waals surface area (Å²) in [7, 11) is 0. The molecule has 4 N–H and O–H groups in total. The highest BCUT2D eigenvalue weighted by molar-refractivity contribution is 5.94. The first kappa shape index (κ1) is 14.8. The van der Waals surface area contributed by atoms with E-state index < -0.39 is 0 Å². The maximum Gasteiger partial charge on any atom is 0.251 e. The number of hydrazine groups is 1. The molecule has 1 aromatic rings. The number of pyridine rings is 1. The molecule has 0 unspecified atom stereocenters. The van der Waals surface area contributed by atoms with Crippen molar-refractivity contribution in [3.63, 3.8) is 0 Å². The SMILES string of the molecule is Cc1cc(C(=O)NCCC2CCCCC2)cc(NN)n1. The summed E-state index contributed by atoms with van der Waals surface area (Å²) in [4.78, 5) is 16.3. The van der Waals surface area contributed by atoms with E-state index in [4.69, 9.17) is 5.84 Å². The largest absolute Gasteiger partial charge is 0.352 e. The molecule has 0 atom stereocenters. The first-order valence-electron chi connectivity index (χ1n) is 7.42. The van der Waals surface area contributed by atoms with Gasteiger partial charge in [0.25, 0.3) is 5.91 Å². The van der Waals surface area contributed by atoms with Crippen LogP contribution < -0.4 is 16.6 Å². The monoisotopic (exact) mass is 276 g/mol. The minimum atomic E-state index is -0.0530. The van der Waals surface area contributed by atoms with Crippen LogP contribution in [0.25, 0.3) is 0 Å². The Morgan fingerprint density at radius 1 is 1.35 bits per heavy atom. The highest BCUT2D eigenvalue weighted by Gasteiger charge is 2.14. The van der Waals surface area contributed by atoms with E-state index in [-0.39, 0.29) is 5.91 Å². The van der Waals surface area contributed by atoms with Crippen molar-refractivity contribution < 1.29 is 4.79 Å². The predicted molar refractivity (Wildman–Crippen MR) is 80.3 cm³/mol. The molecule has 5 heteroatoms. The number of nitrogens with one attached hydrogen (secondary N) is 2. The number of nitrogens with zero attached hydrogens (tertiary/aromatic N) is 1. The summed E-state index contributed by atoms with van der Waals surface area (Å²) in [5, 5.41) is 2.99. The number of carbonyl (C=O) groups is 1. The zero-order valence-corrected chi connectivity index (χ0v) is 12.1. The second-order valence-electron chi connectivity index (χ2n) is 5.58. The van der Waals surface area contributed by atoms with Gasteiger partial charge in [-0.15, -0.1) is 0 Å². The van der Waals surface area contributed by atoms with Gasteiger partial charge in [-0.05, 0) is 31.4 Å². The van der Waals surface area contributed by atoms with Gasteiger partial charge >= 0.3 is 0 Å². The topological polar surface area (TPSA) is 80.0 Å². The maximum atomic E-state index is 12.1. The van der Waals surface area contributed by atoms with Crippen molar-refractivity contribution in [2.45, 2.75) is 45.4 Å². The molecule has 0 spiro atoms. The minimum absolute atomic E-state index is 0.0530. The summed E-state index contributed by atoms with van der Waals surface area (Å²) >= 11 is 0. The first-order valence-corrected chi connectivity index (χ1v) is 7.42. The van der Waals surface area contributed by atoms with Crippen molar-refractivity contribution in [1.82, 2.24) is 10.3 Å². The lowest BCUT2D eigenvalue weighted by Crippen LogP contribution is -2.26. The molecule has 1 heterocycles. The fourth-order valence-corrected chi connectivity index (χ4v) is 2.84. The van der Waals surface area contributed by atoms with Gasteiger partial charge in [0.05, 0.1) is 0 Å². The Morgan fingerprint density at radius 3 is 2.80 bits per heavy atom. The van der Waals surface area contributed by atoms with Crippen molar-refractivity contribution in [3.05, 3.63) is 23.4 Å². The predicted octanol–water partition coefficient (Wildman–Crippen LogP) is 2.38. The number of nitrogens with two attached hydrogens (primary N) is 1. The Morgan fingerprint density at radius 2 is 2.10 bits per heavy atom. The number of amides is 1. The van der Waals surface area contributed by atoms with Crippen LogP contribution in [0, 0.1) is 12.8 Å². The van der Waals surface area contributed by atoms with Crippen LogP contribution in [-0.2, 0) is 0 Å². The lowest BCUT2D eigenvalue weighted by molar-refractivity contribution is 0.0950. The molecule has 1 aliphatic carbocycles. The quantitative estimate of drug-likeness (QED) is 0.570. The third-order valence-corrected chi connectivity index (χ3v) is 3.93. The Hall–Kier alpha value is -1.62. The van der Waals surface area contributed by atoms with Crippen LogP contribution in [-0.4, -0.2) is 17.4 Å². The Bertz CT molecular complexity index is 455. The molecule has 5 nitrogen and oxygen atoms in total. The smallest absolute Gasteiger partial charge is 0.251 e. The molecule has 0 aliphatic heterocycles. The lowest BCUT2D eigenvalue weighted by Gasteiger charge is -2.21. The van der Waals surface area contributed by atoms with E-state index in [0.29, 0.717) is 11.4 Å². The number of aromatic nitrogens is 1. The summed E-state index contributed by atoms with van der Waals surface area (Å²) in [6, 6.07) is 3.44. The zero-order chi connectivity index (χ0) is 14.4. The number of nitrogen functional groups attached to an aromatic ring is 1. The molecule has 0 bridgehead atoms. The van der Waals surface area contributed by atoms with Gasteiger partial charge in [0, 0.05) is 17.8 Å². The van der Waals surface area contributed by atoms with Gasteiger partial charge in [-0.1, -0.05) is 32.1 Å². The second-order valence-corrected chi connectivity index (χ2v) is 5.58. The van der Waals surface area contributed by atoms with E-state index in [2.05, 4.69) is 15.7 Å². The molecular weight excluding hydrogens is 252 g/mol. The van der Waals surface area contributed by atoms with Crippen LogP contribution in [0.15, 0.2) is 12.1 Å². The van der Waals surface area contributed by atoms with E-state index in [1.807, 2.05) is 6.92 Å². The minimum Gasteiger partial charge on any atom is -0.352 e. The molecule has 2 rings (SSSR count). The molecule has 1 aliphatic rings. The summed E-state index contributed by atoms with van der Waals surface area (Å²) in [5.41, 5.74) is 3.86. The van der Waals surface area contributed by atoms with Crippen molar-refractivity contribution in [2.75, 3.05) is 12.0 Å². The van der Waals surface area contributed by atoms with Crippen LogP contribution in [0.3, 0.4) is 0 Å². The van der Waals surface area contributed by atoms with Crippen LogP contribution >= 0.6 is 0 Å². The van der Waals surface area contributed by atoms with Crippen LogP contribution in [0.1, 0.15) is 54.6 Å². The molecule has 110 valence electrons. The first-order chi connectivity index (χ1) is 9.69. The lowest BCUT2D eigenvalue weighted by atomic mass is 9.87. The van der Waals surface area contributed by atoms with Crippen molar-refractivity contribution >= 4 is 11.7 Å². The normalized spacial score (nSPS) is 15.9. The number of hydrogen-bond acceptors (Lipinski definition) is 4. The summed E-state index contributed by atoms with van der Waals surface area (Å²) in [6.45, 7) is 2.59. The molecule has 1 fully saturated rings. The van der Waals surface area contributed by atoms with Gasteiger partial charge < -0.3 is 10.7 Å². The highest BCUT2D eigenvalue weighted by Crippen LogP contribution is 2.25. The van der Waals surface area contributed by atoms with Gasteiger partial charge in [0.2, 0.25) is 0 Å². The molecule has 0 radical (unpaired) electrons. The average molecular weight is 276 g/mol. The summed E-state index contributed by atoms with van der Waals surface area (Å²) in [5.74, 6) is 6.59.